The summed E-state index contributed by atoms with van der Waals surface area (Å²) in [6.45, 7) is 3.32. The van der Waals surface area contributed by atoms with Gasteiger partial charge in [0.1, 0.15) is 5.67 Å². The maximum absolute atomic E-state index is 14.1. The minimum Gasteiger partial charge on any atom is -0.463 e. The van der Waals surface area contributed by atoms with Crippen molar-refractivity contribution in [3.63, 3.8) is 0 Å². The van der Waals surface area contributed by atoms with Gasteiger partial charge in [0.25, 0.3) is 0 Å². The lowest BCUT2D eigenvalue weighted by atomic mass is 9.94. The lowest BCUT2D eigenvalue weighted by molar-refractivity contribution is -0.137. The fourth-order valence-electron chi connectivity index (χ4n) is 1.79. The molecule has 0 aliphatic carbocycles. The Hall–Kier alpha value is -0.900. The Bertz CT molecular complexity index is 255. The van der Waals surface area contributed by atoms with Crippen molar-refractivity contribution in [1.82, 2.24) is 4.90 Å². The summed E-state index contributed by atoms with van der Waals surface area (Å²) < 4.78 is 18.8. The van der Waals surface area contributed by atoms with Gasteiger partial charge in [-0.05, 0) is 39.4 Å². The number of nitrogens with zero attached hydrogens (tertiary/aromatic N) is 1. The van der Waals surface area contributed by atoms with Gasteiger partial charge < -0.3 is 9.64 Å². The Morgan fingerprint density at radius 1 is 1.67 bits per heavy atom. The second-order valence-electron chi connectivity index (χ2n) is 3.96. The van der Waals surface area contributed by atoms with Crippen LogP contribution in [-0.4, -0.2) is 43.3 Å². The number of carbonyl (C=O) groups excluding carboxylic acids is 1. The number of rotatable bonds is 3. The van der Waals surface area contributed by atoms with E-state index in [2.05, 4.69) is 0 Å². The molecule has 1 heterocycles. The second-order valence-corrected chi connectivity index (χ2v) is 3.96. The van der Waals surface area contributed by atoms with Gasteiger partial charge in [-0.1, -0.05) is 0 Å². The molecule has 0 spiro atoms. The highest BCUT2D eigenvalue weighted by Crippen LogP contribution is 2.25. The van der Waals surface area contributed by atoms with Crippen molar-refractivity contribution in [2.75, 3.05) is 26.7 Å². The number of alkyl halides is 1. The van der Waals surface area contributed by atoms with Crippen molar-refractivity contribution in [1.29, 1.82) is 0 Å². The molecule has 0 aromatic heterocycles. The summed E-state index contributed by atoms with van der Waals surface area (Å²) in [5.74, 6) is -0.470. The third-order valence-electron chi connectivity index (χ3n) is 2.47. The Morgan fingerprint density at radius 3 is 3.00 bits per heavy atom. The zero-order chi connectivity index (χ0) is 11.3. The lowest BCUT2D eigenvalue weighted by Gasteiger charge is -2.33. The van der Waals surface area contributed by atoms with Gasteiger partial charge in [-0.2, -0.15) is 0 Å². The average molecular weight is 215 g/mol. The Balaban J connectivity index is 2.51. The Kier molecular flexibility index (Phi) is 4.27. The first kappa shape index (κ1) is 12.2. The van der Waals surface area contributed by atoms with E-state index in [1.807, 2.05) is 11.9 Å². The highest BCUT2D eigenvalue weighted by Gasteiger charge is 2.31. The van der Waals surface area contributed by atoms with Crippen LogP contribution >= 0.6 is 0 Å². The van der Waals surface area contributed by atoms with Crippen LogP contribution in [0.3, 0.4) is 0 Å². The molecule has 86 valence electrons. The van der Waals surface area contributed by atoms with Gasteiger partial charge in [0.15, 0.2) is 0 Å². The summed E-state index contributed by atoms with van der Waals surface area (Å²) in [6, 6.07) is 0. The van der Waals surface area contributed by atoms with E-state index < -0.39 is 11.6 Å². The number of hydrogen-bond acceptors (Lipinski definition) is 3. The molecule has 1 aliphatic heterocycles. The molecule has 0 aromatic carbocycles. The zero-order valence-electron chi connectivity index (χ0n) is 9.33. The second kappa shape index (κ2) is 5.26. The van der Waals surface area contributed by atoms with Gasteiger partial charge in [0.05, 0.1) is 6.61 Å². The number of halogens is 1. The monoisotopic (exact) mass is 215 g/mol. The number of hydrogen-bond donors (Lipinski definition) is 0. The molecule has 4 heteroatoms. The van der Waals surface area contributed by atoms with Crippen LogP contribution in [-0.2, 0) is 9.53 Å². The number of piperidine rings is 1. The highest BCUT2D eigenvalue weighted by molar-refractivity contribution is 5.82. The molecule has 0 amide bonds. The van der Waals surface area contributed by atoms with E-state index in [0.717, 1.165) is 13.0 Å². The summed E-state index contributed by atoms with van der Waals surface area (Å²) in [5, 5.41) is 0. The smallest absolute Gasteiger partial charge is 0.330 e. The van der Waals surface area contributed by atoms with Crippen LogP contribution in [0, 0.1) is 0 Å². The van der Waals surface area contributed by atoms with Crippen molar-refractivity contribution in [2.24, 2.45) is 0 Å². The fourth-order valence-corrected chi connectivity index (χ4v) is 1.79. The molecule has 1 saturated heterocycles. The molecule has 1 rings (SSSR count). The first-order valence-electron chi connectivity index (χ1n) is 5.29. The highest BCUT2D eigenvalue weighted by atomic mass is 19.1. The average Bonchev–Trinajstić information content (AvgIpc) is 2.15. The van der Waals surface area contributed by atoms with Crippen molar-refractivity contribution < 1.29 is 13.9 Å². The molecule has 1 aliphatic rings. The van der Waals surface area contributed by atoms with E-state index >= 15 is 0 Å². The zero-order valence-corrected chi connectivity index (χ0v) is 9.33. The van der Waals surface area contributed by atoms with Gasteiger partial charge in [-0.3, -0.25) is 0 Å². The van der Waals surface area contributed by atoms with E-state index in [9.17, 15) is 9.18 Å². The SMILES string of the molecule is CCOC(=O)/C=C/C1(F)CCCN(C)C1. The molecule has 0 saturated carbocycles. The van der Waals surface area contributed by atoms with E-state index in [4.69, 9.17) is 4.74 Å². The third-order valence-corrected chi connectivity index (χ3v) is 2.47. The first-order chi connectivity index (χ1) is 7.06. The van der Waals surface area contributed by atoms with Crippen LogP contribution in [0.2, 0.25) is 0 Å². The minimum atomic E-state index is -1.38. The first-order valence-corrected chi connectivity index (χ1v) is 5.29. The van der Waals surface area contributed by atoms with E-state index in [1.165, 1.54) is 12.2 Å². The van der Waals surface area contributed by atoms with Crippen molar-refractivity contribution in [3.8, 4) is 0 Å². The molecule has 3 nitrogen and oxygen atoms in total. The summed E-state index contributed by atoms with van der Waals surface area (Å²) in [7, 11) is 1.88. The van der Waals surface area contributed by atoms with Crippen LogP contribution in [0.1, 0.15) is 19.8 Å². The Labute approximate surface area is 89.9 Å². The quantitative estimate of drug-likeness (QED) is 0.528. The molecule has 1 unspecified atom stereocenters. The van der Waals surface area contributed by atoms with Crippen LogP contribution in [0.5, 0.6) is 0 Å². The number of ether oxygens (including phenoxy) is 1. The van der Waals surface area contributed by atoms with Crippen molar-refractivity contribution >= 4 is 5.97 Å². The van der Waals surface area contributed by atoms with Gasteiger partial charge >= 0.3 is 5.97 Å². The molecule has 1 fully saturated rings. The van der Waals surface area contributed by atoms with Crippen LogP contribution in [0.15, 0.2) is 12.2 Å². The van der Waals surface area contributed by atoms with E-state index in [-0.39, 0.29) is 0 Å². The number of esters is 1. The summed E-state index contributed by atoms with van der Waals surface area (Å²) >= 11 is 0. The normalized spacial score (nSPS) is 28.2. The van der Waals surface area contributed by atoms with Gasteiger partial charge in [-0.15, -0.1) is 0 Å². The maximum atomic E-state index is 14.1. The van der Waals surface area contributed by atoms with E-state index in [0.29, 0.717) is 19.6 Å². The summed E-state index contributed by atoms with van der Waals surface area (Å²) in [4.78, 5) is 12.9. The predicted octanol–water partition coefficient (Wildman–Crippen LogP) is 1.54. The summed E-state index contributed by atoms with van der Waals surface area (Å²) in [5.41, 5.74) is -1.38. The molecule has 0 radical (unpaired) electrons. The van der Waals surface area contributed by atoms with Crippen LogP contribution in [0.4, 0.5) is 4.39 Å². The molecular formula is C11H18FNO2. The standard InChI is InChI=1S/C11H18FNO2/c1-3-15-10(14)5-7-11(12)6-4-8-13(2)9-11/h5,7H,3-4,6,8-9H2,1-2H3/b7-5+. The molecule has 0 aromatic rings. The topological polar surface area (TPSA) is 29.5 Å². The Morgan fingerprint density at radius 2 is 2.40 bits per heavy atom. The summed E-state index contributed by atoms with van der Waals surface area (Å²) in [6.07, 6.45) is 3.83. The largest absolute Gasteiger partial charge is 0.463 e. The van der Waals surface area contributed by atoms with Crippen molar-refractivity contribution in [2.45, 2.75) is 25.4 Å². The van der Waals surface area contributed by atoms with Gasteiger partial charge in [-0.25, -0.2) is 9.18 Å². The van der Waals surface area contributed by atoms with Crippen LogP contribution < -0.4 is 0 Å². The molecule has 0 N–H and O–H groups in total. The molecule has 0 bridgehead atoms. The van der Waals surface area contributed by atoms with Crippen molar-refractivity contribution in [3.05, 3.63) is 12.2 Å². The molecular weight excluding hydrogens is 197 g/mol. The number of carbonyl (C=O) groups is 1. The fraction of sp³-hybridized carbons (Fsp3) is 0.727. The van der Waals surface area contributed by atoms with Gasteiger partial charge in [0.2, 0.25) is 0 Å². The van der Waals surface area contributed by atoms with E-state index in [1.54, 1.807) is 6.92 Å². The molecule has 1 atom stereocenters. The third kappa shape index (κ3) is 4.00. The van der Waals surface area contributed by atoms with Crippen LogP contribution in [0.25, 0.3) is 0 Å². The minimum absolute atomic E-state index is 0.322. The molecule has 15 heavy (non-hydrogen) atoms. The lowest BCUT2D eigenvalue weighted by Crippen LogP contribution is -2.42. The van der Waals surface area contributed by atoms with Gasteiger partial charge in [0, 0.05) is 12.6 Å². The number of likely N-dealkylation sites (tertiary alicyclic amines) is 1. The predicted molar refractivity (Wildman–Crippen MR) is 56.3 cm³/mol. The maximum Gasteiger partial charge on any atom is 0.330 e.